The number of carboxylic acids is 1. The molecule has 1 aliphatic carbocycles. The monoisotopic (exact) mass is 388 g/mol. The first-order valence-electron chi connectivity index (χ1n) is 9.53. The van der Waals surface area contributed by atoms with Crippen molar-refractivity contribution >= 4 is 5.97 Å². The molecule has 4 N–H and O–H groups in total. The van der Waals surface area contributed by atoms with Crippen LogP contribution in [-0.2, 0) is 4.79 Å². The topological polar surface area (TPSA) is 107 Å². The number of ether oxygens (including phenoxy) is 1. The Hall–Kier alpha value is -2.37. The third kappa shape index (κ3) is 6.66. The molecule has 1 aromatic carbocycles. The summed E-state index contributed by atoms with van der Waals surface area (Å²) >= 11 is 0. The van der Waals surface area contributed by atoms with Gasteiger partial charge in [0.05, 0.1) is 6.61 Å². The van der Waals surface area contributed by atoms with Gasteiger partial charge in [0.1, 0.15) is 11.9 Å². The van der Waals surface area contributed by atoms with E-state index in [1.807, 2.05) is 30.3 Å². The lowest BCUT2D eigenvalue weighted by Crippen LogP contribution is -2.48. The van der Waals surface area contributed by atoms with E-state index in [0.717, 1.165) is 43.9 Å². The lowest BCUT2D eigenvalue weighted by molar-refractivity contribution is -0.227. The minimum absolute atomic E-state index is 0.455. The van der Waals surface area contributed by atoms with Crippen LogP contribution in [0.15, 0.2) is 60.4 Å². The smallest absolute Gasteiger partial charge is 0.367 e. The van der Waals surface area contributed by atoms with E-state index < -0.39 is 17.9 Å². The van der Waals surface area contributed by atoms with E-state index >= 15 is 0 Å². The lowest BCUT2D eigenvalue weighted by Gasteiger charge is -2.19. The van der Waals surface area contributed by atoms with E-state index in [9.17, 15) is 20.1 Å². The van der Waals surface area contributed by atoms with Crippen molar-refractivity contribution in [2.75, 3.05) is 6.61 Å². The highest BCUT2D eigenvalue weighted by molar-refractivity contribution is 5.76. The molecular weight excluding hydrogens is 360 g/mol. The molecule has 6 nitrogen and oxygen atoms in total. The lowest BCUT2D eigenvalue weighted by atomic mass is 9.92. The van der Waals surface area contributed by atoms with Crippen molar-refractivity contribution in [1.82, 2.24) is 0 Å². The minimum Gasteiger partial charge on any atom is -0.493 e. The fourth-order valence-electron chi connectivity index (χ4n) is 3.27. The van der Waals surface area contributed by atoms with Crippen molar-refractivity contribution in [2.45, 2.75) is 44.0 Å². The van der Waals surface area contributed by atoms with E-state index in [4.69, 9.17) is 9.84 Å². The van der Waals surface area contributed by atoms with E-state index in [1.54, 1.807) is 6.08 Å². The molecule has 1 aromatic rings. The number of carboxylic acid groups (broad SMARTS) is 1. The van der Waals surface area contributed by atoms with Crippen LogP contribution in [0.1, 0.15) is 32.1 Å². The maximum Gasteiger partial charge on any atom is 0.367 e. The Morgan fingerprint density at radius 2 is 2.04 bits per heavy atom. The molecule has 152 valence electrons. The molecule has 0 spiro atoms. The van der Waals surface area contributed by atoms with Gasteiger partial charge in [0.2, 0.25) is 0 Å². The van der Waals surface area contributed by atoms with Gasteiger partial charge in [-0.2, -0.15) is 0 Å². The van der Waals surface area contributed by atoms with Crippen LogP contribution >= 0.6 is 0 Å². The number of benzene rings is 1. The maximum absolute atomic E-state index is 10.6. The van der Waals surface area contributed by atoms with Crippen LogP contribution in [-0.4, -0.2) is 44.9 Å². The number of aliphatic hydroxyl groups is 3. The van der Waals surface area contributed by atoms with Crippen LogP contribution in [0.4, 0.5) is 0 Å². The number of allylic oxidation sites excluding steroid dienone is 1. The first kappa shape index (κ1) is 21.9. The standard InChI is InChI=1S/C22H28O6/c23-20(22(26,27)21(24)25)15-5-4-9-17-11-8-12-18(17)10-6-7-16-28-19-13-2-1-3-14-19/h1-4,6,10,13-15,17-18,20,23,26-27H,7-9,11-12,16H2,(H,24,25)/b10-6+/t5?,17-,18-,20?/m0/s1. The molecule has 0 heterocycles. The third-order valence-electron chi connectivity index (χ3n) is 4.92. The first-order valence-corrected chi connectivity index (χ1v) is 9.53. The first-order chi connectivity index (χ1) is 13.4. The molecule has 6 heteroatoms. The molecule has 0 aliphatic heterocycles. The van der Waals surface area contributed by atoms with Crippen molar-refractivity contribution in [3.05, 3.63) is 60.4 Å². The van der Waals surface area contributed by atoms with E-state index in [-0.39, 0.29) is 0 Å². The van der Waals surface area contributed by atoms with Gasteiger partial charge in [0.15, 0.2) is 0 Å². The van der Waals surface area contributed by atoms with Gasteiger partial charge in [-0.3, -0.25) is 0 Å². The SMILES string of the molecule is O=C(O)C(O)(O)C(O)C=C=CC[C@H]1CCC[C@@H]1/C=C/CCOc1ccccc1. The van der Waals surface area contributed by atoms with Crippen LogP contribution in [0, 0.1) is 11.8 Å². The van der Waals surface area contributed by atoms with Gasteiger partial charge >= 0.3 is 5.97 Å². The molecule has 2 rings (SSSR count). The van der Waals surface area contributed by atoms with Gasteiger partial charge in [-0.25, -0.2) is 4.79 Å². The molecule has 1 unspecified atom stereocenters. The zero-order valence-corrected chi connectivity index (χ0v) is 15.8. The van der Waals surface area contributed by atoms with Gasteiger partial charge in [-0.1, -0.05) is 36.8 Å². The number of aliphatic carboxylic acids is 1. The van der Waals surface area contributed by atoms with Crippen molar-refractivity contribution in [2.24, 2.45) is 11.8 Å². The minimum atomic E-state index is -3.21. The zero-order chi connectivity index (χ0) is 20.4. The van der Waals surface area contributed by atoms with Gasteiger partial charge < -0.3 is 25.2 Å². The summed E-state index contributed by atoms with van der Waals surface area (Å²) in [6.07, 6.45) is 10.0. The molecule has 0 radical (unpaired) electrons. The Labute approximate surface area is 165 Å². The van der Waals surface area contributed by atoms with Crippen molar-refractivity contribution in [3.63, 3.8) is 0 Å². The van der Waals surface area contributed by atoms with E-state index in [2.05, 4.69) is 17.9 Å². The number of rotatable bonds is 10. The molecule has 1 saturated carbocycles. The summed E-state index contributed by atoms with van der Waals surface area (Å²) in [7, 11) is 0. The summed E-state index contributed by atoms with van der Waals surface area (Å²) in [4.78, 5) is 10.6. The van der Waals surface area contributed by atoms with Crippen molar-refractivity contribution < 1.29 is 30.0 Å². The number of carbonyl (C=O) groups is 1. The second-order valence-electron chi connectivity index (χ2n) is 6.98. The second kappa shape index (κ2) is 10.8. The number of aliphatic hydroxyl groups excluding tert-OH is 1. The van der Waals surface area contributed by atoms with Crippen LogP contribution in [0.3, 0.4) is 0 Å². The predicted molar refractivity (Wildman–Crippen MR) is 105 cm³/mol. The molecule has 0 saturated heterocycles. The fourth-order valence-corrected chi connectivity index (χ4v) is 3.27. The zero-order valence-electron chi connectivity index (χ0n) is 15.8. The summed E-state index contributed by atoms with van der Waals surface area (Å²) in [5.74, 6) is -3.33. The Kier molecular flexibility index (Phi) is 8.48. The maximum atomic E-state index is 10.6. The summed E-state index contributed by atoms with van der Waals surface area (Å²) in [5.41, 5.74) is 2.66. The molecule has 28 heavy (non-hydrogen) atoms. The number of para-hydroxylation sites is 1. The van der Waals surface area contributed by atoms with Crippen LogP contribution < -0.4 is 4.74 Å². The van der Waals surface area contributed by atoms with Gasteiger partial charge in [0, 0.05) is 0 Å². The Morgan fingerprint density at radius 1 is 1.29 bits per heavy atom. The predicted octanol–water partition coefficient (Wildman–Crippen LogP) is 2.66. The molecule has 3 atom stereocenters. The quantitative estimate of drug-likeness (QED) is 0.212. The second-order valence-corrected chi connectivity index (χ2v) is 6.98. The van der Waals surface area contributed by atoms with Crippen LogP contribution in [0.2, 0.25) is 0 Å². The normalized spacial score (nSPS) is 20.5. The van der Waals surface area contributed by atoms with Crippen LogP contribution in [0.5, 0.6) is 5.75 Å². The highest BCUT2D eigenvalue weighted by atomic mass is 16.6. The highest BCUT2D eigenvalue weighted by Gasteiger charge is 2.40. The molecule has 0 amide bonds. The Bertz CT molecular complexity index is 703. The molecule has 1 fully saturated rings. The molecule has 1 aliphatic rings. The summed E-state index contributed by atoms with van der Waals surface area (Å²) < 4.78 is 5.67. The van der Waals surface area contributed by atoms with Gasteiger partial charge in [-0.15, -0.1) is 5.73 Å². The van der Waals surface area contributed by atoms with Crippen LogP contribution in [0.25, 0.3) is 0 Å². The van der Waals surface area contributed by atoms with Crippen molar-refractivity contribution in [1.29, 1.82) is 0 Å². The van der Waals surface area contributed by atoms with Gasteiger partial charge in [-0.05, 0) is 61.8 Å². The third-order valence-corrected chi connectivity index (χ3v) is 4.92. The summed E-state index contributed by atoms with van der Waals surface area (Å²) in [5, 5.41) is 36.6. The van der Waals surface area contributed by atoms with E-state index in [1.165, 1.54) is 0 Å². The Morgan fingerprint density at radius 3 is 2.75 bits per heavy atom. The molecule has 0 aromatic heterocycles. The highest BCUT2D eigenvalue weighted by Crippen LogP contribution is 2.35. The number of hydrogen-bond donors (Lipinski definition) is 4. The largest absolute Gasteiger partial charge is 0.493 e. The van der Waals surface area contributed by atoms with E-state index in [0.29, 0.717) is 18.4 Å². The molecule has 0 bridgehead atoms. The van der Waals surface area contributed by atoms with Crippen molar-refractivity contribution in [3.8, 4) is 5.75 Å². The Balaban J connectivity index is 1.76. The fraction of sp³-hybridized carbons (Fsp3) is 0.455. The summed E-state index contributed by atoms with van der Waals surface area (Å²) in [6.45, 7) is 0.631. The summed E-state index contributed by atoms with van der Waals surface area (Å²) in [6, 6.07) is 9.70. The molecular formula is C22H28O6. The number of hydrogen-bond acceptors (Lipinski definition) is 5. The average Bonchev–Trinajstić information content (AvgIpc) is 3.12. The average molecular weight is 388 g/mol. The van der Waals surface area contributed by atoms with Gasteiger partial charge in [0.25, 0.3) is 5.79 Å².